The van der Waals surface area contributed by atoms with Crippen LogP contribution in [-0.2, 0) is 21.1 Å². The third kappa shape index (κ3) is 7.05. The molecule has 0 heterocycles. The maximum absolute atomic E-state index is 13.1. The molecule has 3 aromatic rings. The van der Waals surface area contributed by atoms with Crippen molar-refractivity contribution in [3.8, 4) is 5.75 Å². The second-order valence-corrected chi connectivity index (χ2v) is 10.6. The summed E-state index contributed by atoms with van der Waals surface area (Å²) in [7, 11) is -3.75. The van der Waals surface area contributed by atoms with Crippen LogP contribution in [0.3, 0.4) is 0 Å². The van der Waals surface area contributed by atoms with E-state index in [1.807, 2.05) is 6.07 Å². The van der Waals surface area contributed by atoms with Gasteiger partial charge in [-0.25, -0.2) is 13.2 Å². The summed E-state index contributed by atoms with van der Waals surface area (Å²) in [5.74, 6) is -0.734. The first-order valence-electron chi connectivity index (χ1n) is 11.0. The topological polar surface area (TPSA) is 113 Å². The normalized spacial score (nSPS) is 12.3. The Hall–Kier alpha value is -2.91. The van der Waals surface area contributed by atoms with Crippen LogP contribution in [0, 0.1) is 13.8 Å². The molecule has 0 aliphatic heterocycles. The van der Waals surface area contributed by atoms with Gasteiger partial charge in [-0.15, -0.1) is 0 Å². The van der Waals surface area contributed by atoms with Crippen molar-refractivity contribution in [2.45, 2.75) is 36.2 Å². The Morgan fingerprint density at radius 1 is 1.03 bits per heavy atom. The van der Waals surface area contributed by atoms with Crippen molar-refractivity contribution < 1.29 is 28.2 Å². The molecule has 1 atom stereocenters. The van der Waals surface area contributed by atoms with Crippen molar-refractivity contribution in [2.24, 2.45) is 0 Å². The average Bonchev–Trinajstić information content (AvgIpc) is 2.81. The number of ether oxygens (including phenoxy) is 1. The average molecular weight is 518 g/mol. The van der Waals surface area contributed by atoms with Crippen LogP contribution >= 0.6 is 11.6 Å². The molecule has 35 heavy (non-hydrogen) atoms. The van der Waals surface area contributed by atoms with E-state index in [1.165, 1.54) is 12.1 Å². The van der Waals surface area contributed by atoms with Gasteiger partial charge in [-0.2, -0.15) is 0 Å². The van der Waals surface area contributed by atoms with Gasteiger partial charge in [-0.05, 0) is 85.5 Å². The van der Waals surface area contributed by atoms with Gasteiger partial charge in [-0.3, -0.25) is 0 Å². The van der Waals surface area contributed by atoms with E-state index in [4.69, 9.17) is 21.4 Å². The summed E-state index contributed by atoms with van der Waals surface area (Å²) in [5.41, 5.74) is 2.80. The number of aryl methyl sites for hydroxylation is 2. The van der Waals surface area contributed by atoms with E-state index in [0.717, 1.165) is 11.1 Å². The molecule has 0 aliphatic carbocycles. The lowest BCUT2D eigenvalue weighted by Gasteiger charge is -2.14. The fraction of sp³-hybridized carbons (Fsp3) is 0.269. The molecule has 0 radical (unpaired) electrons. The molecule has 0 aliphatic rings. The molecule has 7 nitrogen and oxygen atoms in total. The Balaban J connectivity index is 1.61. The number of benzene rings is 3. The maximum Gasteiger partial charge on any atom is 0.341 e. The number of rotatable bonds is 11. The summed E-state index contributed by atoms with van der Waals surface area (Å²) in [5, 5.41) is 22.9. The zero-order chi connectivity index (χ0) is 25.6. The predicted molar refractivity (Wildman–Crippen MR) is 134 cm³/mol. The number of aliphatic carboxylic acids is 1. The quantitative estimate of drug-likeness (QED) is 0.328. The molecule has 3 aromatic carbocycles. The van der Waals surface area contributed by atoms with Crippen LogP contribution < -0.4 is 10.1 Å². The minimum absolute atomic E-state index is 0.125. The minimum Gasteiger partial charge on any atom is -0.481 e. The Morgan fingerprint density at radius 3 is 2.29 bits per heavy atom. The second-order valence-electron chi connectivity index (χ2n) is 8.24. The standard InChI is InChI=1S/C26H28ClNO6S/c1-17-12-23(13-18(2)26(17)34-16-25(30)31)35(32,33)22-8-6-19(7-9-22)10-11-28-15-24(29)20-4-3-5-21(27)14-20/h3-9,12-14,24,28-29H,10-11,15-16H2,1-2H3,(H,30,31)/t24-/m1/s1. The summed E-state index contributed by atoms with van der Waals surface area (Å²) in [6.07, 6.45) is -0.00906. The van der Waals surface area contributed by atoms with Crippen molar-refractivity contribution in [1.29, 1.82) is 0 Å². The number of aliphatic hydroxyl groups excluding tert-OH is 1. The van der Waals surface area contributed by atoms with Gasteiger partial charge in [-0.1, -0.05) is 35.9 Å². The number of nitrogens with one attached hydrogen (secondary N) is 1. The van der Waals surface area contributed by atoms with Gasteiger partial charge in [0.15, 0.2) is 6.61 Å². The lowest BCUT2D eigenvalue weighted by atomic mass is 10.1. The van der Waals surface area contributed by atoms with Gasteiger partial charge < -0.3 is 20.3 Å². The first-order valence-corrected chi connectivity index (χ1v) is 12.9. The molecular weight excluding hydrogens is 490 g/mol. The number of carboxylic acid groups (broad SMARTS) is 1. The molecule has 186 valence electrons. The Kier molecular flexibility index (Phi) is 8.91. The lowest BCUT2D eigenvalue weighted by Crippen LogP contribution is -2.23. The Labute approximate surface area is 210 Å². The van der Waals surface area contributed by atoms with Gasteiger partial charge in [0.25, 0.3) is 0 Å². The third-order valence-electron chi connectivity index (χ3n) is 5.48. The molecule has 0 saturated heterocycles. The molecule has 3 rings (SSSR count). The highest BCUT2D eigenvalue weighted by Gasteiger charge is 2.20. The molecular formula is C26H28ClNO6S. The molecule has 9 heteroatoms. The van der Waals surface area contributed by atoms with Gasteiger partial charge in [0.2, 0.25) is 9.84 Å². The van der Waals surface area contributed by atoms with Crippen LogP contribution in [0.5, 0.6) is 5.75 Å². The lowest BCUT2D eigenvalue weighted by molar-refractivity contribution is -0.139. The van der Waals surface area contributed by atoms with Crippen LogP contribution in [0.4, 0.5) is 0 Å². The Morgan fingerprint density at radius 2 is 1.69 bits per heavy atom. The van der Waals surface area contributed by atoms with Crippen LogP contribution in [0.2, 0.25) is 5.02 Å². The number of halogens is 1. The smallest absolute Gasteiger partial charge is 0.341 e. The second kappa shape index (κ2) is 11.7. The van der Waals surface area contributed by atoms with Crippen LogP contribution in [-0.4, -0.2) is 44.3 Å². The number of sulfone groups is 1. The summed E-state index contributed by atoms with van der Waals surface area (Å²) in [6, 6.07) is 16.8. The van der Waals surface area contributed by atoms with Crippen LogP contribution in [0.15, 0.2) is 70.5 Å². The fourth-order valence-electron chi connectivity index (χ4n) is 3.70. The largest absolute Gasteiger partial charge is 0.481 e. The van der Waals surface area contributed by atoms with Crippen molar-refractivity contribution in [1.82, 2.24) is 5.32 Å². The minimum atomic E-state index is -3.75. The van der Waals surface area contributed by atoms with Gasteiger partial charge in [0, 0.05) is 11.6 Å². The highest BCUT2D eigenvalue weighted by Crippen LogP contribution is 2.30. The number of carboxylic acids is 1. The molecule has 0 unspecified atom stereocenters. The fourth-order valence-corrected chi connectivity index (χ4v) is 5.33. The van der Waals surface area contributed by atoms with Crippen molar-refractivity contribution in [3.05, 3.63) is 87.9 Å². The zero-order valence-electron chi connectivity index (χ0n) is 19.5. The number of aliphatic hydroxyl groups is 1. The molecule has 0 saturated carbocycles. The third-order valence-corrected chi connectivity index (χ3v) is 7.46. The molecule has 0 bridgehead atoms. The molecule has 0 aromatic heterocycles. The highest BCUT2D eigenvalue weighted by atomic mass is 35.5. The van der Waals surface area contributed by atoms with E-state index in [1.54, 1.807) is 56.3 Å². The van der Waals surface area contributed by atoms with Gasteiger partial charge >= 0.3 is 5.97 Å². The van der Waals surface area contributed by atoms with Crippen molar-refractivity contribution in [3.63, 3.8) is 0 Å². The monoisotopic (exact) mass is 517 g/mol. The Bertz CT molecular complexity index is 1270. The predicted octanol–water partition coefficient (Wildman–Crippen LogP) is 4.12. The van der Waals surface area contributed by atoms with Crippen molar-refractivity contribution >= 4 is 27.4 Å². The summed E-state index contributed by atoms with van der Waals surface area (Å²) >= 11 is 5.96. The number of carbonyl (C=O) groups is 1. The summed E-state index contributed by atoms with van der Waals surface area (Å²) in [4.78, 5) is 11.1. The number of hydrogen-bond acceptors (Lipinski definition) is 6. The summed E-state index contributed by atoms with van der Waals surface area (Å²) in [6.45, 7) is 3.85. The first-order chi connectivity index (χ1) is 16.6. The van der Waals surface area contributed by atoms with Crippen LogP contribution in [0.25, 0.3) is 0 Å². The van der Waals surface area contributed by atoms with E-state index in [-0.39, 0.29) is 9.79 Å². The van der Waals surface area contributed by atoms with Gasteiger partial charge in [0.1, 0.15) is 5.75 Å². The molecule has 0 amide bonds. The van der Waals surface area contributed by atoms with Crippen LogP contribution in [0.1, 0.15) is 28.4 Å². The van der Waals surface area contributed by atoms with E-state index in [9.17, 15) is 18.3 Å². The molecule has 0 spiro atoms. The number of hydrogen-bond donors (Lipinski definition) is 3. The van der Waals surface area contributed by atoms with E-state index in [0.29, 0.717) is 41.4 Å². The first kappa shape index (κ1) is 26.7. The van der Waals surface area contributed by atoms with E-state index < -0.39 is 28.5 Å². The van der Waals surface area contributed by atoms with E-state index in [2.05, 4.69) is 5.32 Å². The SMILES string of the molecule is Cc1cc(S(=O)(=O)c2ccc(CCNC[C@@H](O)c3cccc(Cl)c3)cc2)cc(C)c1OCC(=O)O. The summed E-state index contributed by atoms with van der Waals surface area (Å²) < 4.78 is 31.6. The molecule has 0 fully saturated rings. The zero-order valence-corrected chi connectivity index (χ0v) is 21.1. The van der Waals surface area contributed by atoms with Gasteiger partial charge in [0.05, 0.1) is 15.9 Å². The highest BCUT2D eigenvalue weighted by molar-refractivity contribution is 7.91. The molecule has 3 N–H and O–H groups in total. The van der Waals surface area contributed by atoms with E-state index >= 15 is 0 Å². The van der Waals surface area contributed by atoms with Crippen molar-refractivity contribution in [2.75, 3.05) is 19.7 Å². The maximum atomic E-state index is 13.1.